The monoisotopic (exact) mass is 256 g/mol. The van der Waals surface area contributed by atoms with Gasteiger partial charge >= 0.3 is 0 Å². The third-order valence-corrected chi connectivity index (χ3v) is 3.64. The van der Waals surface area contributed by atoms with Gasteiger partial charge in [-0.2, -0.15) is 5.26 Å². The molecule has 19 heavy (non-hydrogen) atoms. The lowest BCUT2D eigenvalue weighted by atomic mass is 9.69. The number of hydrogen-bond acceptors (Lipinski definition) is 4. The molecule has 1 fully saturated rings. The minimum atomic E-state index is -1.01. The third kappa shape index (κ3) is 2.37. The number of hydrogen-bond donors (Lipinski definition) is 1. The minimum absolute atomic E-state index is 0.00916. The molecule has 1 saturated heterocycles. The highest BCUT2D eigenvalue weighted by Gasteiger charge is 2.49. The van der Waals surface area contributed by atoms with Crippen molar-refractivity contribution in [3.63, 3.8) is 0 Å². The van der Waals surface area contributed by atoms with Crippen LogP contribution in [-0.2, 0) is 9.53 Å². The quantitative estimate of drug-likeness (QED) is 0.899. The van der Waals surface area contributed by atoms with Crippen LogP contribution in [0.1, 0.15) is 31.2 Å². The second-order valence-corrected chi connectivity index (χ2v) is 4.88. The Morgan fingerprint density at radius 3 is 2.68 bits per heavy atom. The number of nitriles is 1. The largest absolute Gasteiger partial charge is 0.480 e. The van der Waals surface area contributed by atoms with Gasteiger partial charge < -0.3 is 9.53 Å². The molecule has 0 amide bonds. The molecule has 0 aromatic heterocycles. The Labute approximate surface area is 112 Å². The van der Waals surface area contributed by atoms with Crippen LogP contribution in [0.2, 0.25) is 0 Å². The highest BCUT2D eigenvalue weighted by atomic mass is 16.5. The number of carbonyl (C=O) groups is 1. The number of rotatable bonds is 4. The van der Waals surface area contributed by atoms with Gasteiger partial charge in [-0.3, -0.25) is 5.41 Å². The number of Topliss-reactive ketones (excluding diaryl/α,β-unsaturated/α-hetero) is 1. The molecule has 0 saturated carbocycles. The van der Waals surface area contributed by atoms with Crippen LogP contribution in [-0.4, -0.2) is 18.3 Å². The average molecular weight is 256 g/mol. The lowest BCUT2D eigenvalue weighted by Crippen LogP contribution is -2.33. The van der Waals surface area contributed by atoms with Crippen LogP contribution < -0.4 is 0 Å². The van der Waals surface area contributed by atoms with Crippen LogP contribution >= 0.6 is 0 Å². The summed E-state index contributed by atoms with van der Waals surface area (Å²) in [5.74, 6) is -0.306. The molecular formula is C15H16N2O2. The summed E-state index contributed by atoms with van der Waals surface area (Å²) in [4.78, 5) is 11.5. The Morgan fingerprint density at radius 2 is 2.21 bits per heavy atom. The number of nitrogens with zero attached hydrogens (tertiary/aromatic N) is 1. The summed E-state index contributed by atoms with van der Waals surface area (Å²) in [6.07, 6.45) is 0.721. The molecule has 1 aliphatic rings. The summed E-state index contributed by atoms with van der Waals surface area (Å²) in [6.45, 7) is 1.88. The van der Waals surface area contributed by atoms with Gasteiger partial charge in [0.25, 0.3) is 0 Å². The number of ketones is 1. The van der Waals surface area contributed by atoms with Crippen LogP contribution in [0.25, 0.3) is 0 Å². The number of ether oxygens (including phenoxy) is 1. The van der Waals surface area contributed by atoms with Crippen molar-refractivity contribution >= 4 is 11.7 Å². The first-order chi connectivity index (χ1) is 9.10. The van der Waals surface area contributed by atoms with Gasteiger partial charge in [0.15, 0.2) is 0 Å². The molecule has 1 aromatic carbocycles. The second-order valence-electron chi connectivity index (χ2n) is 4.88. The molecule has 0 radical (unpaired) electrons. The van der Waals surface area contributed by atoms with Crippen LogP contribution in [0.4, 0.5) is 0 Å². The van der Waals surface area contributed by atoms with Crippen LogP contribution in [0.5, 0.6) is 0 Å². The first-order valence-electron chi connectivity index (χ1n) is 6.27. The van der Waals surface area contributed by atoms with Gasteiger partial charge in [-0.1, -0.05) is 30.3 Å². The van der Waals surface area contributed by atoms with E-state index < -0.39 is 5.41 Å². The Bertz CT molecular complexity index is 533. The Morgan fingerprint density at radius 1 is 1.53 bits per heavy atom. The van der Waals surface area contributed by atoms with Gasteiger partial charge in [-0.25, -0.2) is 0 Å². The maximum absolute atomic E-state index is 11.5. The molecule has 1 N–H and O–H groups in total. The molecule has 0 aliphatic carbocycles. The topological polar surface area (TPSA) is 73.9 Å². The van der Waals surface area contributed by atoms with E-state index in [1.54, 1.807) is 0 Å². The standard InChI is InChI=1S/C15H16N2O2/c1-11(18)9-13(12-5-3-2-4-6-12)15(10-16)7-8-19-14(15)17/h2-6,13,17H,7-9H2,1H3. The van der Waals surface area contributed by atoms with E-state index in [2.05, 4.69) is 6.07 Å². The molecule has 1 aliphatic heterocycles. The summed E-state index contributed by atoms with van der Waals surface area (Å²) < 4.78 is 5.19. The Hall–Kier alpha value is -2.15. The zero-order chi connectivity index (χ0) is 13.9. The fourth-order valence-electron chi connectivity index (χ4n) is 2.62. The summed E-state index contributed by atoms with van der Waals surface area (Å²) in [5.41, 5.74) is -0.0953. The summed E-state index contributed by atoms with van der Waals surface area (Å²) in [6, 6.07) is 11.7. The van der Waals surface area contributed by atoms with Crippen LogP contribution in [0.15, 0.2) is 30.3 Å². The van der Waals surface area contributed by atoms with E-state index in [9.17, 15) is 10.1 Å². The Balaban J connectivity index is 2.46. The Kier molecular flexibility index (Phi) is 3.66. The maximum atomic E-state index is 11.5. The average Bonchev–Trinajstić information content (AvgIpc) is 2.79. The van der Waals surface area contributed by atoms with Crippen molar-refractivity contribution in [2.75, 3.05) is 6.61 Å². The fourth-order valence-corrected chi connectivity index (χ4v) is 2.62. The summed E-state index contributed by atoms with van der Waals surface area (Å²) >= 11 is 0. The van der Waals surface area contributed by atoms with Gasteiger partial charge in [-0.05, 0) is 12.5 Å². The number of benzene rings is 1. The molecule has 2 unspecified atom stereocenters. The third-order valence-electron chi connectivity index (χ3n) is 3.64. The smallest absolute Gasteiger partial charge is 0.202 e. The first-order valence-corrected chi connectivity index (χ1v) is 6.27. The highest BCUT2D eigenvalue weighted by molar-refractivity contribution is 5.87. The number of nitrogens with one attached hydrogen (secondary N) is 1. The van der Waals surface area contributed by atoms with E-state index in [4.69, 9.17) is 10.1 Å². The van der Waals surface area contributed by atoms with Crippen molar-refractivity contribution in [2.24, 2.45) is 5.41 Å². The van der Waals surface area contributed by atoms with Gasteiger partial charge in [0.2, 0.25) is 5.90 Å². The summed E-state index contributed by atoms with van der Waals surface area (Å²) in [7, 11) is 0. The van der Waals surface area contributed by atoms with Crippen molar-refractivity contribution < 1.29 is 9.53 Å². The predicted molar refractivity (Wildman–Crippen MR) is 70.8 cm³/mol. The minimum Gasteiger partial charge on any atom is -0.480 e. The SMILES string of the molecule is CC(=O)CC(c1ccccc1)C1(C#N)CCOC1=N. The van der Waals surface area contributed by atoms with E-state index in [1.165, 1.54) is 6.92 Å². The van der Waals surface area contributed by atoms with Gasteiger partial charge in [-0.15, -0.1) is 0 Å². The van der Waals surface area contributed by atoms with Crippen molar-refractivity contribution in [2.45, 2.75) is 25.7 Å². The second kappa shape index (κ2) is 5.23. The molecule has 98 valence electrons. The molecule has 1 aromatic rings. The zero-order valence-corrected chi connectivity index (χ0v) is 10.8. The molecule has 4 nitrogen and oxygen atoms in total. The first kappa shape index (κ1) is 13.3. The summed E-state index contributed by atoms with van der Waals surface area (Å²) in [5, 5.41) is 17.5. The van der Waals surface area contributed by atoms with Crippen molar-refractivity contribution in [1.82, 2.24) is 0 Å². The molecule has 0 spiro atoms. The molecular weight excluding hydrogens is 240 g/mol. The van der Waals surface area contributed by atoms with Crippen molar-refractivity contribution in [1.29, 1.82) is 10.7 Å². The molecule has 1 heterocycles. The number of carbonyl (C=O) groups excluding carboxylic acids is 1. The molecule has 2 rings (SSSR count). The fraction of sp³-hybridized carbons (Fsp3) is 0.400. The van der Waals surface area contributed by atoms with E-state index in [-0.39, 0.29) is 24.0 Å². The van der Waals surface area contributed by atoms with Crippen molar-refractivity contribution in [3.8, 4) is 6.07 Å². The lowest BCUT2D eigenvalue weighted by Gasteiger charge is -2.29. The maximum Gasteiger partial charge on any atom is 0.202 e. The molecule has 2 atom stereocenters. The van der Waals surface area contributed by atoms with Gasteiger partial charge in [0.05, 0.1) is 12.7 Å². The van der Waals surface area contributed by atoms with Gasteiger partial charge in [0.1, 0.15) is 11.2 Å². The van der Waals surface area contributed by atoms with E-state index in [0.717, 1.165) is 5.56 Å². The van der Waals surface area contributed by atoms with Crippen LogP contribution in [0, 0.1) is 22.2 Å². The van der Waals surface area contributed by atoms with E-state index in [1.807, 2.05) is 30.3 Å². The van der Waals surface area contributed by atoms with Gasteiger partial charge in [0, 0.05) is 18.8 Å². The van der Waals surface area contributed by atoms with E-state index >= 15 is 0 Å². The zero-order valence-electron chi connectivity index (χ0n) is 10.8. The van der Waals surface area contributed by atoms with E-state index in [0.29, 0.717) is 13.0 Å². The normalized spacial score (nSPS) is 23.5. The lowest BCUT2D eigenvalue weighted by molar-refractivity contribution is -0.117. The predicted octanol–water partition coefficient (Wildman–Crippen LogP) is 2.66. The highest BCUT2D eigenvalue weighted by Crippen LogP contribution is 2.45. The molecule has 4 heteroatoms. The van der Waals surface area contributed by atoms with Crippen molar-refractivity contribution in [3.05, 3.63) is 35.9 Å². The van der Waals surface area contributed by atoms with Crippen LogP contribution in [0.3, 0.4) is 0 Å². The molecule has 0 bridgehead atoms.